The van der Waals surface area contributed by atoms with Crippen molar-refractivity contribution in [3.63, 3.8) is 0 Å². The molecule has 1 atom stereocenters. The standard InChI is InChI=1S/C18H18FN3O4S2/c19-17-13-6-12(20-8-11-4-2-1-3-5-11)10-27-15(13)7-14(23)18(17)22-9-16(24)21-28(22,25)26/h1-5,7,12,20,23H,6,8-10H2,(H,21,24)/t12-/m0/s1. The van der Waals surface area contributed by atoms with Crippen LogP contribution in [0.3, 0.4) is 0 Å². The lowest BCUT2D eigenvalue weighted by molar-refractivity contribution is -0.117. The lowest BCUT2D eigenvalue weighted by atomic mass is 10.0. The molecule has 148 valence electrons. The first-order valence-corrected chi connectivity index (χ1v) is 11.1. The molecule has 0 aliphatic carbocycles. The van der Waals surface area contributed by atoms with Crippen molar-refractivity contribution in [3.05, 3.63) is 53.3 Å². The molecule has 28 heavy (non-hydrogen) atoms. The van der Waals surface area contributed by atoms with Gasteiger partial charge in [0.15, 0.2) is 5.82 Å². The number of nitrogens with one attached hydrogen (secondary N) is 2. The van der Waals surface area contributed by atoms with Crippen molar-refractivity contribution in [2.24, 2.45) is 0 Å². The Kier molecular flexibility index (Phi) is 4.94. The number of phenols is 1. The third-order valence-electron chi connectivity index (χ3n) is 4.68. The van der Waals surface area contributed by atoms with Crippen molar-refractivity contribution < 1.29 is 22.7 Å². The average molecular weight is 423 g/mol. The monoisotopic (exact) mass is 423 g/mol. The fraction of sp³-hybridized carbons (Fsp3) is 0.278. The molecular weight excluding hydrogens is 405 g/mol. The predicted octanol–water partition coefficient (Wildman–Crippen LogP) is 1.52. The number of carbonyl (C=O) groups excluding carboxylic acids is 1. The van der Waals surface area contributed by atoms with Gasteiger partial charge in [-0.1, -0.05) is 30.3 Å². The second-order valence-electron chi connectivity index (χ2n) is 6.65. The van der Waals surface area contributed by atoms with E-state index < -0.39 is 39.9 Å². The molecular formula is C18H18FN3O4S2. The number of hydrogen-bond donors (Lipinski definition) is 3. The summed E-state index contributed by atoms with van der Waals surface area (Å²) < 4.78 is 41.7. The lowest BCUT2D eigenvalue weighted by Crippen LogP contribution is -2.36. The Bertz CT molecular complexity index is 1030. The summed E-state index contributed by atoms with van der Waals surface area (Å²) in [6, 6.07) is 11.2. The van der Waals surface area contributed by atoms with Crippen molar-refractivity contribution in [3.8, 4) is 5.75 Å². The molecule has 3 N–H and O–H groups in total. The van der Waals surface area contributed by atoms with Gasteiger partial charge in [0.25, 0.3) is 5.91 Å². The van der Waals surface area contributed by atoms with Gasteiger partial charge in [0.05, 0.1) is 0 Å². The molecule has 2 aromatic rings. The number of benzene rings is 2. The van der Waals surface area contributed by atoms with E-state index in [1.165, 1.54) is 17.8 Å². The molecule has 0 saturated carbocycles. The zero-order chi connectivity index (χ0) is 19.9. The van der Waals surface area contributed by atoms with Crippen LogP contribution in [0.25, 0.3) is 0 Å². The van der Waals surface area contributed by atoms with Crippen molar-refractivity contribution in [1.29, 1.82) is 0 Å². The van der Waals surface area contributed by atoms with Gasteiger partial charge in [-0.2, -0.15) is 8.42 Å². The number of carbonyl (C=O) groups is 1. The highest BCUT2D eigenvalue weighted by atomic mass is 32.2. The van der Waals surface area contributed by atoms with E-state index in [4.69, 9.17) is 0 Å². The first-order chi connectivity index (χ1) is 13.3. The van der Waals surface area contributed by atoms with Gasteiger partial charge in [-0.05, 0) is 18.1 Å². The van der Waals surface area contributed by atoms with Gasteiger partial charge in [-0.25, -0.2) is 13.4 Å². The van der Waals surface area contributed by atoms with E-state index in [0.717, 1.165) is 5.56 Å². The highest BCUT2D eigenvalue weighted by Gasteiger charge is 2.39. The van der Waals surface area contributed by atoms with E-state index in [-0.39, 0.29) is 6.04 Å². The molecule has 7 nitrogen and oxygen atoms in total. The highest BCUT2D eigenvalue weighted by Crippen LogP contribution is 2.42. The number of fused-ring (bicyclic) bond motifs is 1. The summed E-state index contributed by atoms with van der Waals surface area (Å²) in [5.41, 5.74) is 0.962. The number of hydrogen-bond acceptors (Lipinski definition) is 6. The minimum absolute atomic E-state index is 0.0143. The molecule has 0 bridgehead atoms. The Morgan fingerprint density at radius 2 is 2.07 bits per heavy atom. The molecule has 10 heteroatoms. The molecule has 0 unspecified atom stereocenters. The van der Waals surface area contributed by atoms with Gasteiger partial charge in [-0.3, -0.25) is 4.79 Å². The van der Waals surface area contributed by atoms with E-state index in [9.17, 15) is 18.3 Å². The Hall–Kier alpha value is -2.30. The molecule has 2 heterocycles. The van der Waals surface area contributed by atoms with Gasteiger partial charge in [0, 0.05) is 28.8 Å². The van der Waals surface area contributed by atoms with Gasteiger partial charge in [0.2, 0.25) is 0 Å². The van der Waals surface area contributed by atoms with Gasteiger partial charge in [0.1, 0.15) is 18.0 Å². The molecule has 2 aliphatic rings. The van der Waals surface area contributed by atoms with Crippen LogP contribution in [0, 0.1) is 5.82 Å². The first kappa shape index (κ1) is 19.0. The topological polar surface area (TPSA) is 98.7 Å². The molecule has 1 amide bonds. The summed E-state index contributed by atoms with van der Waals surface area (Å²) in [7, 11) is -4.21. The van der Waals surface area contributed by atoms with Gasteiger partial charge >= 0.3 is 10.2 Å². The van der Waals surface area contributed by atoms with E-state index in [0.29, 0.717) is 33.5 Å². The third-order valence-corrected chi connectivity index (χ3v) is 7.30. The zero-order valence-corrected chi connectivity index (χ0v) is 16.3. The largest absolute Gasteiger partial charge is 0.506 e. The minimum Gasteiger partial charge on any atom is -0.506 e. The maximum atomic E-state index is 15.2. The number of anilines is 1. The van der Waals surface area contributed by atoms with Crippen molar-refractivity contribution in [2.45, 2.75) is 23.9 Å². The number of aromatic hydroxyl groups is 1. The van der Waals surface area contributed by atoms with Crippen LogP contribution in [0.1, 0.15) is 11.1 Å². The fourth-order valence-electron chi connectivity index (χ4n) is 3.33. The van der Waals surface area contributed by atoms with Crippen LogP contribution in [0.4, 0.5) is 10.1 Å². The molecule has 4 rings (SSSR count). The summed E-state index contributed by atoms with van der Waals surface area (Å²) in [6.45, 7) is 0.0707. The second-order valence-corrected chi connectivity index (χ2v) is 9.31. The molecule has 0 radical (unpaired) electrons. The number of amides is 1. The van der Waals surface area contributed by atoms with Crippen molar-refractivity contribution in [1.82, 2.24) is 10.0 Å². The normalized spacial score (nSPS) is 20.7. The Balaban J connectivity index is 1.60. The molecule has 2 aromatic carbocycles. The summed E-state index contributed by atoms with van der Waals surface area (Å²) in [5.74, 6) is -1.39. The average Bonchev–Trinajstić information content (AvgIpc) is 2.93. The first-order valence-electron chi connectivity index (χ1n) is 8.63. The number of phenolic OH excluding ortho intramolecular Hbond substituents is 1. The van der Waals surface area contributed by atoms with E-state index >= 15 is 4.39 Å². The minimum atomic E-state index is -4.21. The zero-order valence-electron chi connectivity index (χ0n) is 14.7. The third kappa shape index (κ3) is 3.54. The van der Waals surface area contributed by atoms with Crippen LogP contribution >= 0.6 is 11.8 Å². The number of thioether (sulfide) groups is 1. The summed E-state index contributed by atoms with van der Waals surface area (Å²) in [6.07, 6.45) is 0.351. The van der Waals surface area contributed by atoms with Crippen LogP contribution in [0.2, 0.25) is 0 Å². The summed E-state index contributed by atoms with van der Waals surface area (Å²) >= 11 is 1.40. The number of rotatable bonds is 4. The van der Waals surface area contributed by atoms with Crippen molar-refractivity contribution in [2.75, 3.05) is 16.6 Å². The Morgan fingerprint density at radius 3 is 2.75 bits per heavy atom. The maximum Gasteiger partial charge on any atom is 0.326 e. The van der Waals surface area contributed by atoms with Crippen LogP contribution in [0.15, 0.2) is 41.3 Å². The van der Waals surface area contributed by atoms with E-state index in [1.54, 1.807) is 4.72 Å². The molecule has 0 spiro atoms. The fourth-order valence-corrected chi connectivity index (χ4v) is 5.65. The van der Waals surface area contributed by atoms with Crippen LogP contribution in [-0.4, -0.2) is 37.8 Å². The van der Waals surface area contributed by atoms with Crippen LogP contribution in [0.5, 0.6) is 5.75 Å². The van der Waals surface area contributed by atoms with Gasteiger partial charge in [-0.15, -0.1) is 11.8 Å². The highest BCUT2D eigenvalue weighted by molar-refractivity contribution is 7.99. The quantitative estimate of drug-likeness (QED) is 0.690. The summed E-state index contributed by atoms with van der Waals surface area (Å²) in [5, 5.41) is 13.6. The SMILES string of the molecule is O=C1CN(c2c(O)cc3c(c2F)C[C@H](NCc2ccccc2)CS3)S(=O)(=O)N1. The number of nitrogens with zero attached hydrogens (tertiary/aromatic N) is 1. The molecule has 1 saturated heterocycles. The maximum absolute atomic E-state index is 15.2. The predicted molar refractivity (Wildman–Crippen MR) is 104 cm³/mol. The summed E-state index contributed by atoms with van der Waals surface area (Å²) in [4.78, 5) is 12.1. The number of halogens is 1. The van der Waals surface area contributed by atoms with Crippen LogP contribution < -0.4 is 14.3 Å². The molecule has 0 aromatic heterocycles. The van der Waals surface area contributed by atoms with E-state index in [2.05, 4.69) is 5.32 Å². The van der Waals surface area contributed by atoms with Gasteiger partial charge < -0.3 is 10.4 Å². The second kappa shape index (κ2) is 7.26. The molecule has 1 fully saturated rings. The van der Waals surface area contributed by atoms with E-state index in [1.807, 2.05) is 30.3 Å². The molecule has 2 aliphatic heterocycles. The van der Waals surface area contributed by atoms with Crippen LogP contribution in [-0.2, 0) is 28.0 Å². The Labute approximate surface area is 166 Å². The Morgan fingerprint density at radius 1 is 1.32 bits per heavy atom. The lowest BCUT2D eigenvalue weighted by Gasteiger charge is -2.28. The van der Waals surface area contributed by atoms with Crippen molar-refractivity contribution >= 4 is 33.6 Å². The smallest absolute Gasteiger partial charge is 0.326 e.